The Morgan fingerprint density at radius 2 is 1.68 bits per heavy atom. The van der Waals surface area contributed by atoms with Gasteiger partial charge in [0.2, 0.25) is 0 Å². The van der Waals surface area contributed by atoms with Crippen molar-refractivity contribution in [3.8, 4) is 5.69 Å². The van der Waals surface area contributed by atoms with E-state index in [1.165, 1.54) is 29.4 Å². The van der Waals surface area contributed by atoms with E-state index >= 15 is 0 Å². The topological polar surface area (TPSA) is 78.9 Å². The van der Waals surface area contributed by atoms with Crippen LogP contribution in [0.4, 0.5) is 0 Å². The third-order valence-electron chi connectivity index (χ3n) is 5.54. The monoisotopic (exact) mass is 434 g/mol. The molecule has 0 saturated carbocycles. The fourth-order valence-electron chi connectivity index (χ4n) is 3.45. The normalized spacial score (nSPS) is 11.2. The highest BCUT2D eigenvalue weighted by atomic mass is 32.2. The Morgan fingerprint density at radius 3 is 2.45 bits per heavy atom. The third kappa shape index (κ3) is 3.63. The second-order valence-corrected chi connectivity index (χ2v) is 8.38. The lowest BCUT2D eigenvalue weighted by molar-refractivity contribution is 0.664. The van der Waals surface area contributed by atoms with Crippen molar-refractivity contribution in [1.29, 1.82) is 0 Å². The van der Waals surface area contributed by atoms with Crippen molar-refractivity contribution in [1.82, 2.24) is 18.7 Å². The highest BCUT2D eigenvalue weighted by molar-refractivity contribution is 7.98. The van der Waals surface area contributed by atoms with Crippen LogP contribution in [0.2, 0.25) is 0 Å². The third-order valence-corrected chi connectivity index (χ3v) is 6.51. The molecule has 0 fully saturated rings. The van der Waals surface area contributed by atoms with Gasteiger partial charge in [-0.05, 0) is 43.2 Å². The van der Waals surface area contributed by atoms with Crippen molar-refractivity contribution in [3.63, 3.8) is 0 Å². The number of hydrogen-bond acceptors (Lipinski definition) is 5. The minimum Gasteiger partial charge on any atom is -0.300 e. The average molecular weight is 435 g/mol. The van der Waals surface area contributed by atoms with E-state index in [9.17, 15) is 14.4 Å². The van der Waals surface area contributed by atoms with Crippen LogP contribution in [0.3, 0.4) is 0 Å². The molecule has 4 rings (SSSR count). The summed E-state index contributed by atoms with van der Waals surface area (Å²) in [4.78, 5) is 42.6. The standard InChI is InChI=1S/C23H22N4O3S/c1-14-8-7-11-19(15(14)2)27-21(29)17-9-5-6-10-18(17)24-22(27)31-13-16-12-20(28)26(4)23(30)25(16)3/h5-12H,13H2,1-4H3. The molecular weight excluding hydrogens is 412 g/mol. The maximum atomic E-state index is 13.4. The van der Waals surface area contributed by atoms with Crippen molar-refractivity contribution in [2.75, 3.05) is 0 Å². The van der Waals surface area contributed by atoms with E-state index in [4.69, 9.17) is 4.98 Å². The SMILES string of the molecule is Cc1cccc(-n2c(SCc3cc(=O)n(C)c(=O)n3C)nc3ccccc3c2=O)c1C. The minimum absolute atomic E-state index is 0.153. The van der Waals surface area contributed by atoms with Gasteiger partial charge < -0.3 is 0 Å². The van der Waals surface area contributed by atoms with Crippen LogP contribution in [0.1, 0.15) is 16.8 Å². The van der Waals surface area contributed by atoms with Gasteiger partial charge in [-0.2, -0.15) is 0 Å². The van der Waals surface area contributed by atoms with Crippen molar-refractivity contribution in [2.24, 2.45) is 14.1 Å². The molecule has 2 heterocycles. The van der Waals surface area contributed by atoms with Gasteiger partial charge in [-0.1, -0.05) is 36.0 Å². The number of benzene rings is 2. The number of para-hydroxylation sites is 1. The molecule has 0 bridgehead atoms. The van der Waals surface area contributed by atoms with Crippen molar-refractivity contribution < 1.29 is 0 Å². The number of rotatable bonds is 4. The molecule has 7 nitrogen and oxygen atoms in total. The first-order valence-electron chi connectivity index (χ1n) is 9.76. The summed E-state index contributed by atoms with van der Waals surface area (Å²) < 4.78 is 4.12. The molecule has 0 saturated heterocycles. The van der Waals surface area contributed by atoms with Crippen LogP contribution in [0.5, 0.6) is 0 Å². The first-order chi connectivity index (χ1) is 14.8. The van der Waals surface area contributed by atoms with Gasteiger partial charge in [0.05, 0.1) is 16.6 Å². The van der Waals surface area contributed by atoms with E-state index in [2.05, 4.69) is 0 Å². The Bertz CT molecular complexity index is 1500. The molecule has 0 spiro atoms. The summed E-state index contributed by atoms with van der Waals surface area (Å²) in [5.74, 6) is 0.317. The molecule has 8 heteroatoms. The minimum atomic E-state index is -0.388. The molecule has 0 radical (unpaired) electrons. The summed E-state index contributed by atoms with van der Waals surface area (Å²) in [5.41, 5.74) is 3.09. The van der Waals surface area contributed by atoms with Gasteiger partial charge in [-0.15, -0.1) is 0 Å². The molecule has 158 valence electrons. The summed E-state index contributed by atoms with van der Waals surface area (Å²) in [6, 6.07) is 14.5. The van der Waals surface area contributed by atoms with Crippen LogP contribution in [0.25, 0.3) is 16.6 Å². The van der Waals surface area contributed by atoms with Crippen LogP contribution in [-0.4, -0.2) is 18.7 Å². The first-order valence-corrected chi connectivity index (χ1v) is 10.7. The number of hydrogen-bond donors (Lipinski definition) is 0. The molecular formula is C23H22N4O3S. The average Bonchev–Trinajstić information content (AvgIpc) is 2.76. The van der Waals surface area contributed by atoms with Gasteiger partial charge >= 0.3 is 5.69 Å². The van der Waals surface area contributed by atoms with Gasteiger partial charge in [0.1, 0.15) is 0 Å². The maximum absolute atomic E-state index is 13.4. The molecule has 0 aliphatic heterocycles. The quantitative estimate of drug-likeness (QED) is 0.365. The van der Waals surface area contributed by atoms with Crippen LogP contribution >= 0.6 is 11.8 Å². The van der Waals surface area contributed by atoms with E-state index < -0.39 is 0 Å². The predicted molar refractivity (Wildman–Crippen MR) is 123 cm³/mol. The van der Waals surface area contributed by atoms with E-state index in [1.54, 1.807) is 17.7 Å². The summed E-state index contributed by atoms with van der Waals surface area (Å²) in [6.07, 6.45) is 0. The number of aryl methyl sites for hydroxylation is 1. The zero-order valence-electron chi connectivity index (χ0n) is 17.7. The molecule has 2 aromatic carbocycles. The van der Waals surface area contributed by atoms with E-state index in [0.717, 1.165) is 21.4 Å². The molecule has 0 aliphatic rings. The highest BCUT2D eigenvalue weighted by Gasteiger charge is 2.16. The van der Waals surface area contributed by atoms with Gasteiger partial charge in [-0.3, -0.25) is 23.3 Å². The Balaban J connectivity index is 1.90. The molecule has 4 aromatic rings. The van der Waals surface area contributed by atoms with E-state index in [0.29, 0.717) is 27.5 Å². The van der Waals surface area contributed by atoms with Crippen LogP contribution in [0, 0.1) is 13.8 Å². The number of fused-ring (bicyclic) bond motifs is 1. The first kappa shape index (κ1) is 20.9. The Labute approximate surface area is 182 Å². The molecule has 0 unspecified atom stereocenters. The molecule has 0 atom stereocenters. The second-order valence-electron chi connectivity index (χ2n) is 7.43. The summed E-state index contributed by atoms with van der Waals surface area (Å²) >= 11 is 1.32. The Morgan fingerprint density at radius 1 is 0.935 bits per heavy atom. The smallest absolute Gasteiger partial charge is 0.300 e. The number of nitrogens with zero attached hydrogens (tertiary/aromatic N) is 4. The predicted octanol–water partition coefficient (Wildman–Crippen LogP) is 2.69. The fraction of sp³-hybridized carbons (Fsp3) is 0.217. The second kappa shape index (κ2) is 8.03. The lowest BCUT2D eigenvalue weighted by Crippen LogP contribution is -2.37. The van der Waals surface area contributed by atoms with Crippen LogP contribution in [0.15, 0.2) is 68.1 Å². The maximum Gasteiger partial charge on any atom is 0.330 e. The summed E-state index contributed by atoms with van der Waals surface area (Å²) in [5, 5.41) is 1.04. The van der Waals surface area contributed by atoms with Gasteiger partial charge in [0.25, 0.3) is 11.1 Å². The Hall–Kier alpha value is -3.39. The molecule has 0 N–H and O–H groups in total. The van der Waals surface area contributed by atoms with Crippen molar-refractivity contribution >= 4 is 22.7 Å². The van der Waals surface area contributed by atoms with Gasteiger partial charge in [0.15, 0.2) is 5.16 Å². The summed E-state index contributed by atoms with van der Waals surface area (Å²) in [7, 11) is 3.08. The van der Waals surface area contributed by atoms with Crippen molar-refractivity contribution in [2.45, 2.75) is 24.8 Å². The molecule has 31 heavy (non-hydrogen) atoms. The van der Waals surface area contributed by atoms with Gasteiger partial charge in [0, 0.05) is 31.6 Å². The van der Waals surface area contributed by atoms with E-state index in [-0.39, 0.29) is 16.8 Å². The highest BCUT2D eigenvalue weighted by Crippen LogP contribution is 2.26. The number of thioether (sulfide) groups is 1. The largest absolute Gasteiger partial charge is 0.330 e. The van der Waals surface area contributed by atoms with Gasteiger partial charge in [-0.25, -0.2) is 9.78 Å². The Kier molecular flexibility index (Phi) is 5.41. The fourth-order valence-corrected chi connectivity index (χ4v) is 4.48. The van der Waals surface area contributed by atoms with Crippen LogP contribution in [-0.2, 0) is 19.8 Å². The lowest BCUT2D eigenvalue weighted by atomic mass is 10.1. The lowest BCUT2D eigenvalue weighted by Gasteiger charge is -2.17. The van der Waals surface area contributed by atoms with Crippen molar-refractivity contribution in [3.05, 3.63) is 96.5 Å². The molecule has 2 aromatic heterocycles. The zero-order valence-corrected chi connectivity index (χ0v) is 18.6. The molecule has 0 amide bonds. The number of aromatic nitrogens is 4. The summed E-state index contributed by atoms with van der Waals surface area (Å²) in [6.45, 7) is 3.98. The zero-order chi connectivity index (χ0) is 22.3. The van der Waals surface area contributed by atoms with Crippen LogP contribution < -0.4 is 16.8 Å². The molecule has 0 aliphatic carbocycles. The van der Waals surface area contributed by atoms with E-state index in [1.807, 2.05) is 50.2 Å².